The van der Waals surface area contributed by atoms with Gasteiger partial charge in [0.25, 0.3) is 10.2 Å². The molecular weight excluding hydrogens is 244 g/mol. The lowest BCUT2D eigenvalue weighted by Gasteiger charge is -2.17. The molecule has 6 nitrogen and oxygen atoms in total. The third-order valence-electron chi connectivity index (χ3n) is 2.82. The Kier molecular flexibility index (Phi) is 6.35. The van der Waals surface area contributed by atoms with Gasteiger partial charge in [0, 0.05) is 33.4 Å². The van der Waals surface area contributed by atoms with Crippen molar-refractivity contribution in [3.8, 4) is 0 Å². The largest absolute Gasteiger partial charge is 0.396 e. The van der Waals surface area contributed by atoms with Crippen LogP contribution in [0.2, 0.25) is 0 Å². The van der Waals surface area contributed by atoms with Crippen molar-refractivity contribution in [2.24, 2.45) is 0 Å². The first-order valence-corrected chi connectivity index (χ1v) is 7.43. The fraction of sp³-hybridized carbons (Fsp3) is 1.00. The summed E-state index contributed by atoms with van der Waals surface area (Å²) in [6, 6.07) is 0. The molecule has 0 aromatic heterocycles. The number of ether oxygens (including phenoxy) is 1. The molecule has 0 aromatic carbocycles. The number of aliphatic hydroxyl groups excluding tert-OH is 1. The molecule has 0 aromatic rings. The summed E-state index contributed by atoms with van der Waals surface area (Å²) in [6.07, 6.45) is 3.44. The zero-order valence-electron chi connectivity index (χ0n) is 10.3. The van der Waals surface area contributed by atoms with Crippen molar-refractivity contribution >= 4 is 10.2 Å². The number of hydrogen-bond donors (Lipinski definition) is 2. The van der Waals surface area contributed by atoms with E-state index in [2.05, 4.69) is 4.72 Å². The molecule has 1 fully saturated rings. The molecule has 0 saturated carbocycles. The maximum absolute atomic E-state index is 11.7. The Bertz CT molecular complexity index is 301. The van der Waals surface area contributed by atoms with Crippen LogP contribution in [0.25, 0.3) is 0 Å². The average molecular weight is 266 g/mol. The molecule has 1 aliphatic rings. The molecule has 17 heavy (non-hydrogen) atoms. The summed E-state index contributed by atoms with van der Waals surface area (Å²) < 4.78 is 32.6. The quantitative estimate of drug-likeness (QED) is 0.632. The van der Waals surface area contributed by atoms with Crippen molar-refractivity contribution < 1.29 is 18.3 Å². The van der Waals surface area contributed by atoms with Crippen LogP contribution in [0.3, 0.4) is 0 Å². The predicted molar refractivity (Wildman–Crippen MR) is 64.8 cm³/mol. The molecule has 2 N–H and O–H groups in total. The highest BCUT2D eigenvalue weighted by Crippen LogP contribution is 2.14. The lowest BCUT2D eigenvalue weighted by Crippen LogP contribution is -2.40. The third-order valence-corrected chi connectivity index (χ3v) is 4.39. The third kappa shape index (κ3) is 5.31. The predicted octanol–water partition coefficient (Wildman–Crippen LogP) is -0.296. The van der Waals surface area contributed by atoms with Crippen LogP contribution in [-0.2, 0) is 14.9 Å². The molecule has 1 saturated heterocycles. The second kappa shape index (κ2) is 7.27. The van der Waals surface area contributed by atoms with Crippen LogP contribution in [0.15, 0.2) is 0 Å². The van der Waals surface area contributed by atoms with Crippen molar-refractivity contribution in [2.75, 3.05) is 33.4 Å². The molecule has 7 heteroatoms. The Hall–Kier alpha value is -0.210. The van der Waals surface area contributed by atoms with Gasteiger partial charge in [-0.3, -0.25) is 0 Å². The van der Waals surface area contributed by atoms with Crippen molar-refractivity contribution in [3.63, 3.8) is 0 Å². The van der Waals surface area contributed by atoms with Crippen LogP contribution in [0.1, 0.15) is 25.7 Å². The number of nitrogens with zero attached hydrogens (tertiary/aromatic N) is 1. The van der Waals surface area contributed by atoms with E-state index in [9.17, 15) is 8.42 Å². The second-order valence-corrected chi connectivity index (χ2v) is 6.08. The summed E-state index contributed by atoms with van der Waals surface area (Å²) in [5, 5.41) is 8.64. The molecule has 1 unspecified atom stereocenters. The number of aliphatic hydroxyl groups is 1. The van der Waals surface area contributed by atoms with Crippen molar-refractivity contribution in [3.05, 3.63) is 0 Å². The molecule has 0 bridgehead atoms. The molecule has 1 aliphatic heterocycles. The summed E-state index contributed by atoms with van der Waals surface area (Å²) in [6.45, 7) is 1.51. The summed E-state index contributed by atoms with van der Waals surface area (Å²) in [4.78, 5) is 0. The summed E-state index contributed by atoms with van der Waals surface area (Å²) in [5.74, 6) is 0. The highest BCUT2D eigenvalue weighted by atomic mass is 32.2. The van der Waals surface area contributed by atoms with Gasteiger partial charge in [-0.15, -0.1) is 0 Å². The maximum atomic E-state index is 11.7. The number of rotatable bonds is 8. The Labute approximate surface area is 103 Å². The molecule has 1 atom stereocenters. The van der Waals surface area contributed by atoms with Gasteiger partial charge in [0.05, 0.1) is 6.10 Å². The Morgan fingerprint density at radius 3 is 2.88 bits per heavy atom. The average Bonchev–Trinajstić information content (AvgIpc) is 2.78. The minimum absolute atomic E-state index is 0.00419. The van der Waals surface area contributed by atoms with Crippen LogP contribution < -0.4 is 4.72 Å². The first-order valence-electron chi connectivity index (χ1n) is 5.99. The fourth-order valence-corrected chi connectivity index (χ4v) is 2.71. The van der Waals surface area contributed by atoms with Crippen molar-refractivity contribution in [1.82, 2.24) is 9.03 Å². The van der Waals surface area contributed by atoms with Gasteiger partial charge in [-0.25, -0.2) is 4.72 Å². The van der Waals surface area contributed by atoms with Crippen LogP contribution in [0, 0.1) is 0 Å². The Morgan fingerprint density at radius 2 is 2.29 bits per heavy atom. The van der Waals surface area contributed by atoms with Gasteiger partial charge in [-0.2, -0.15) is 12.7 Å². The molecule has 1 heterocycles. The molecule has 102 valence electrons. The molecule has 0 spiro atoms. The van der Waals surface area contributed by atoms with E-state index in [1.165, 1.54) is 11.4 Å². The zero-order chi connectivity index (χ0) is 12.7. The van der Waals surface area contributed by atoms with Gasteiger partial charge in [0.1, 0.15) is 0 Å². The smallest absolute Gasteiger partial charge is 0.279 e. The van der Waals surface area contributed by atoms with Gasteiger partial charge in [0.15, 0.2) is 0 Å². The van der Waals surface area contributed by atoms with Gasteiger partial charge in [-0.05, 0) is 25.7 Å². The van der Waals surface area contributed by atoms with E-state index in [4.69, 9.17) is 9.84 Å². The monoisotopic (exact) mass is 266 g/mol. The van der Waals surface area contributed by atoms with Gasteiger partial charge < -0.3 is 9.84 Å². The molecule has 0 aliphatic carbocycles. The number of nitrogens with one attached hydrogen (secondary N) is 1. The van der Waals surface area contributed by atoms with Crippen molar-refractivity contribution in [1.29, 1.82) is 0 Å². The lowest BCUT2D eigenvalue weighted by atomic mass is 10.2. The van der Waals surface area contributed by atoms with E-state index in [0.29, 0.717) is 25.9 Å². The van der Waals surface area contributed by atoms with Crippen LogP contribution in [-0.4, -0.2) is 57.3 Å². The van der Waals surface area contributed by atoms with E-state index in [1.54, 1.807) is 0 Å². The van der Waals surface area contributed by atoms with Gasteiger partial charge in [-0.1, -0.05) is 0 Å². The van der Waals surface area contributed by atoms with E-state index in [0.717, 1.165) is 19.4 Å². The number of hydrogen-bond acceptors (Lipinski definition) is 4. The van der Waals surface area contributed by atoms with E-state index < -0.39 is 10.2 Å². The topological polar surface area (TPSA) is 78.9 Å². The highest BCUT2D eigenvalue weighted by Gasteiger charge is 2.19. The zero-order valence-corrected chi connectivity index (χ0v) is 11.1. The van der Waals surface area contributed by atoms with Crippen LogP contribution in [0.5, 0.6) is 0 Å². The molecular formula is C10H22N2O4S. The summed E-state index contributed by atoms with van der Waals surface area (Å²) in [7, 11) is -1.90. The maximum Gasteiger partial charge on any atom is 0.279 e. The van der Waals surface area contributed by atoms with Gasteiger partial charge >= 0.3 is 0 Å². The van der Waals surface area contributed by atoms with Crippen molar-refractivity contribution in [2.45, 2.75) is 31.8 Å². The van der Waals surface area contributed by atoms with Crippen LogP contribution in [0.4, 0.5) is 0 Å². The van der Waals surface area contributed by atoms with Gasteiger partial charge in [0.2, 0.25) is 0 Å². The SMILES string of the molecule is CN(CCCO)S(=O)(=O)NCCC1CCCO1. The van der Waals surface area contributed by atoms with E-state index in [1.807, 2.05) is 0 Å². The first-order chi connectivity index (χ1) is 8.06. The fourth-order valence-electron chi connectivity index (χ4n) is 1.74. The highest BCUT2D eigenvalue weighted by molar-refractivity contribution is 7.87. The first kappa shape index (κ1) is 14.8. The Morgan fingerprint density at radius 1 is 1.53 bits per heavy atom. The lowest BCUT2D eigenvalue weighted by molar-refractivity contribution is 0.105. The minimum Gasteiger partial charge on any atom is -0.396 e. The normalized spacial score (nSPS) is 21.2. The summed E-state index contributed by atoms with van der Waals surface area (Å²) >= 11 is 0. The summed E-state index contributed by atoms with van der Waals surface area (Å²) in [5.41, 5.74) is 0. The van der Waals surface area contributed by atoms with Crippen LogP contribution >= 0.6 is 0 Å². The molecule has 0 amide bonds. The molecule has 1 rings (SSSR count). The molecule has 0 radical (unpaired) electrons. The van der Waals surface area contributed by atoms with E-state index >= 15 is 0 Å². The van der Waals surface area contributed by atoms with E-state index in [-0.39, 0.29) is 12.7 Å². The Balaban J connectivity index is 2.23. The standard InChI is InChI=1S/C10H22N2O4S/c1-12(7-3-8-13)17(14,15)11-6-5-10-4-2-9-16-10/h10-11,13H,2-9H2,1H3. The minimum atomic E-state index is -3.41. The second-order valence-electron chi connectivity index (χ2n) is 4.22.